The van der Waals surface area contributed by atoms with Crippen molar-refractivity contribution in [3.05, 3.63) is 59.1 Å². The number of esters is 1. The number of ether oxygens (including phenoxy) is 1. The Bertz CT molecular complexity index is 647. The van der Waals surface area contributed by atoms with Gasteiger partial charge in [-0.05, 0) is 35.2 Å². The predicted molar refractivity (Wildman–Crippen MR) is 98.4 cm³/mol. The Morgan fingerprint density at radius 2 is 1.79 bits per heavy atom. The van der Waals surface area contributed by atoms with Gasteiger partial charge in [0.15, 0.2) is 6.10 Å². The minimum absolute atomic E-state index is 0.381. The zero-order valence-electron chi connectivity index (χ0n) is 13.6. The molecule has 6 heteroatoms. The third-order valence-corrected chi connectivity index (χ3v) is 3.67. The second-order valence-electron chi connectivity index (χ2n) is 5.04. The van der Waals surface area contributed by atoms with Gasteiger partial charge in [0, 0.05) is 17.4 Å². The predicted octanol–water partition coefficient (Wildman–Crippen LogP) is 3.27. The smallest absolute Gasteiger partial charge is 0.336 e. The average molecular weight is 370 g/mol. The van der Waals surface area contributed by atoms with E-state index in [4.69, 9.17) is 17.3 Å². The molecule has 4 nitrogen and oxygen atoms in total. The molecule has 0 spiro atoms. The van der Waals surface area contributed by atoms with Crippen LogP contribution in [0.3, 0.4) is 0 Å². The van der Waals surface area contributed by atoms with Crippen LogP contribution in [0.1, 0.15) is 5.56 Å². The Morgan fingerprint density at radius 1 is 1.17 bits per heavy atom. The van der Waals surface area contributed by atoms with Crippen molar-refractivity contribution in [2.24, 2.45) is 5.73 Å². The third kappa shape index (κ3) is 5.80. The van der Waals surface area contributed by atoms with Gasteiger partial charge >= 0.3 is 5.97 Å². The molecule has 2 atom stereocenters. The molecule has 0 radical (unpaired) electrons. The summed E-state index contributed by atoms with van der Waals surface area (Å²) in [6.07, 6.45) is 0.532. The highest BCUT2D eigenvalue weighted by molar-refractivity contribution is 6.30. The molecule has 0 fully saturated rings. The van der Waals surface area contributed by atoms with Crippen LogP contribution in [0.5, 0.6) is 0 Å². The molecule has 2 aromatic carbocycles. The van der Waals surface area contributed by atoms with Crippen LogP contribution in [0.15, 0.2) is 48.5 Å². The van der Waals surface area contributed by atoms with Gasteiger partial charge in [0.1, 0.15) is 0 Å². The molecule has 0 bridgehead atoms. The molecule has 2 rings (SSSR count). The number of hydrogen-bond acceptors (Lipinski definition) is 4. The fraction of sp³-hybridized carbons (Fsp3) is 0.278. The van der Waals surface area contributed by atoms with Gasteiger partial charge in [-0.25, -0.2) is 4.79 Å². The van der Waals surface area contributed by atoms with E-state index in [9.17, 15) is 9.90 Å². The van der Waals surface area contributed by atoms with E-state index in [0.717, 1.165) is 16.7 Å². The standard InChI is InChI=1S/C17H18ClNO3.CH3Cl/c1-22-17(21)16(20)15(19)9-11-5-7-12(8-6-11)13-3-2-4-14(18)10-13;1-2/h2-8,10,15-16,20H,9,19H2,1H3;1H3/t15-,16+;/m1./s1. The summed E-state index contributed by atoms with van der Waals surface area (Å²) in [6.45, 7) is 0. The zero-order valence-corrected chi connectivity index (χ0v) is 15.1. The van der Waals surface area contributed by atoms with Crippen molar-refractivity contribution in [1.29, 1.82) is 0 Å². The Labute approximate surface area is 152 Å². The third-order valence-electron chi connectivity index (χ3n) is 3.43. The molecule has 0 aliphatic heterocycles. The summed E-state index contributed by atoms with van der Waals surface area (Å²) >= 11 is 10.6. The Balaban J connectivity index is 0.00000139. The van der Waals surface area contributed by atoms with Crippen LogP contribution in [0.4, 0.5) is 0 Å². The van der Waals surface area contributed by atoms with E-state index < -0.39 is 18.1 Å². The van der Waals surface area contributed by atoms with Crippen molar-refractivity contribution in [3.63, 3.8) is 0 Å². The number of aliphatic hydroxyl groups excluding tert-OH is 1. The summed E-state index contributed by atoms with van der Waals surface area (Å²) in [5, 5.41) is 10.4. The molecule has 0 saturated carbocycles. The van der Waals surface area contributed by atoms with Crippen LogP contribution in [0.2, 0.25) is 5.02 Å². The molecule has 0 unspecified atom stereocenters. The first-order chi connectivity index (χ1) is 11.5. The van der Waals surface area contributed by atoms with Crippen LogP contribution < -0.4 is 5.73 Å². The van der Waals surface area contributed by atoms with E-state index in [0.29, 0.717) is 11.4 Å². The Morgan fingerprint density at radius 3 is 2.33 bits per heavy atom. The van der Waals surface area contributed by atoms with Crippen molar-refractivity contribution >= 4 is 29.2 Å². The number of halogens is 2. The number of nitrogens with two attached hydrogens (primary N) is 1. The number of aliphatic hydroxyl groups is 1. The number of hydrogen-bond donors (Lipinski definition) is 2. The van der Waals surface area contributed by atoms with E-state index in [1.807, 2.05) is 48.5 Å². The number of carbonyl (C=O) groups is 1. The maximum atomic E-state index is 11.2. The van der Waals surface area contributed by atoms with E-state index >= 15 is 0 Å². The topological polar surface area (TPSA) is 72.5 Å². The summed E-state index contributed by atoms with van der Waals surface area (Å²) in [6, 6.07) is 14.6. The van der Waals surface area contributed by atoms with Gasteiger partial charge in [-0.3, -0.25) is 0 Å². The van der Waals surface area contributed by atoms with Crippen LogP contribution >= 0.6 is 23.2 Å². The molecule has 0 aromatic heterocycles. The number of methoxy groups -OCH3 is 1. The Hall–Kier alpha value is -1.59. The minimum Gasteiger partial charge on any atom is -0.467 e. The molecule has 0 saturated heterocycles. The van der Waals surface area contributed by atoms with E-state index in [1.165, 1.54) is 13.5 Å². The molecular formula is C18H21Cl2NO3. The monoisotopic (exact) mass is 369 g/mol. The van der Waals surface area contributed by atoms with Gasteiger partial charge in [0.05, 0.1) is 7.11 Å². The maximum absolute atomic E-state index is 11.2. The molecule has 0 heterocycles. The summed E-state index contributed by atoms with van der Waals surface area (Å²) in [5.41, 5.74) is 8.82. The minimum atomic E-state index is -1.32. The molecule has 0 amide bonds. The van der Waals surface area contributed by atoms with Crippen LogP contribution in [0, 0.1) is 0 Å². The van der Waals surface area contributed by atoms with Crippen LogP contribution in [-0.4, -0.2) is 36.7 Å². The lowest BCUT2D eigenvalue weighted by Crippen LogP contribution is -2.42. The summed E-state index contributed by atoms with van der Waals surface area (Å²) in [7, 11) is 1.22. The maximum Gasteiger partial charge on any atom is 0.336 e. The quantitative estimate of drug-likeness (QED) is 0.626. The van der Waals surface area contributed by atoms with E-state index in [2.05, 4.69) is 16.3 Å². The van der Waals surface area contributed by atoms with Gasteiger partial charge in [-0.1, -0.05) is 48.0 Å². The molecular weight excluding hydrogens is 349 g/mol. The SMILES string of the molecule is CCl.COC(=O)[C@@H](O)[C@H](N)Cc1ccc(-c2cccc(Cl)c2)cc1. The van der Waals surface area contributed by atoms with Crippen molar-refractivity contribution < 1.29 is 14.6 Å². The highest BCUT2D eigenvalue weighted by Crippen LogP contribution is 2.23. The van der Waals surface area contributed by atoms with Crippen LogP contribution in [-0.2, 0) is 16.0 Å². The highest BCUT2D eigenvalue weighted by Gasteiger charge is 2.23. The molecule has 24 heavy (non-hydrogen) atoms. The molecule has 0 aliphatic rings. The number of rotatable bonds is 5. The summed E-state index contributed by atoms with van der Waals surface area (Å²) in [4.78, 5) is 11.2. The van der Waals surface area contributed by atoms with Crippen molar-refractivity contribution in [2.75, 3.05) is 13.5 Å². The molecule has 2 aromatic rings. The summed E-state index contributed by atoms with van der Waals surface area (Å²) in [5.74, 6) is -0.719. The van der Waals surface area contributed by atoms with E-state index in [-0.39, 0.29) is 0 Å². The average Bonchev–Trinajstić information content (AvgIpc) is 2.62. The number of alkyl halides is 1. The van der Waals surface area contributed by atoms with E-state index in [1.54, 1.807) is 0 Å². The fourth-order valence-electron chi connectivity index (χ4n) is 2.18. The van der Waals surface area contributed by atoms with Gasteiger partial charge in [0.25, 0.3) is 0 Å². The van der Waals surface area contributed by atoms with Gasteiger partial charge in [-0.15, -0.1) is 11.6 Å². The van der Waals surface area contributed by atoms with Crippen molar-refractivity contribution in [3.8, 4) is 11.1 Å². The fourth-order valence-corrected chi connectivity index (χ4v) is 2.37. The zero-order chi connectivity index (χ0) is 18.1. The highest BCUT2D eigenvalue weighted by atomic mass is 35.5. The molecule has 130 valence electrons. The largest absolute Gasteiger partial charge is 0.467 e. The normalized spacial score (nSPS) is 12.6. The lowest BCUT2D eigenvalue weighted by atomic mass is 9.99. The lowest BCUT2D eigenvalue weighted by molar-refractivity contribution is -0.151. The summed E-state index contributed by atoms with van der Waals surface area (Å²) < 4.78 is 4.48. The first-order valence-electron chi connectivity index (χ1n) is 7.25. The second kappa shape index (κ2) is 10.3. The molecule has 3 N–H and O–H groups in total. The first-order valence-corrected chi connectivity index (χ1v) is 8.39. The Kier molecular flexibility index (Phi) is 8.79. The first kappa shape index (κ1) is 20.5. The number of benzene rings is 2. The van der Waals surface area contributed by atoms with Gasteiger partial charge < -0.3 is 15.6 Å². The van der Waals surface area contributed by atoms with Gasteiger partial charge in [-0.2, -0.15) is 0 Å². The van der Waals surface area contributed by atoms with Crippen LogP contribution in [0.25, 0.3) is 11.1 Å². The van der Waals surface area contributed by atoms with Gasteiger partial charge in [0.2, 0.25) is 0 Å². The number of carbonyl (C=O) groups excluding carboxylic acids is 1. The second-order valence-corrected chi connectivity index (χ2v) is 5.48. The van der Waals surface area contributed by atoms with Crippen molar-refractivity contribution in [1.82, 2.24) is 0 Å². The molecule has 0 aliphatic carbocycles. The van der Waals surface area contributed by atoms with Crippen molar-refractivity contribution in [2.45, 2.75) is 18.6 Å². The lowest BCUT2D eigenvalue weighted by Gasteiger charge is -2.16.